The first-order valence-electron chi connectivity index (χ1n) is 8.54. The van der Waals surface area contributed by atoms with Crippen LogP contribution in [0.25, 0.3) is 0 Å². The van der Waals surface area contributed by atoms with Crippen molar-refractivity contribution in [2.45, 2.75) is 46.6 Å². The van der Waals surface area contributed by atoms with E-state index in [4.69, 9.17) is 0 Å². The van der Waals surface area contributed by atoms with Crippen molar-refractivity contribution < 1.29 is 9.59 Å². The van der Waals surface area contributed by atoms with E-state index >= 15 is 0 Å². The van der Waals surface area contributed by atoms with Crippen LogP contribution in [0.15, 0.2) is 48.5 Å². The van der Waals surface area contributed by atoms with Gasteiger partial charge in [0.25, 0.3) is 11.8 Å². The third-order valence-corrected chi connectivity index (χ3v) is 4.18. The van der Waals surface area contributed by atoms with E-state index in [-0.39, 0.29) is 11.8 Å². The molecule has 0 saturated heterocycles. The number of nitrogens with zero attached hydrogens (tertiary/aromatic N) is 1. The summed E-state index contributed by atoms with van der Waals surface area (Å²) in [6.45, 7) is 9.68. The van der Waals surface area contributed by atoms with Crippen molar-refractivity contribution in [3.05, 3.63) is 70.8 Å². The minimum Gasteiger partial charge on any atom is -0.267 e. The second kappa shape index (κ2) is 7.51. The highest BCUT2D eigenvalue weighted by atomic mass is 16.2. The molecule has 0 unspecified atom stereocenters. The van der Waals surface area contributed by atoms with Crippen molar-refractivity contribution in [3.63, 3.8) is 0 Å². The molecule has 132 valence electrons. The third kappa shape index (κ3) is 4.27. The molecule has 0 aliphatic carbocycles. The Balaban J connectivity index is 2.32. The van der Waals surface area contributed by atoms with E-state index in [0.29, 0.717) is 11.1 Å². The number of rotatable bonds is 3. The van der Waals surface area contributed by atoms with Gasteiger partial charge in [-0.05, 0) is 63.4 Å². The van der Waals surface area contributed by atoms with Crippen LogP contribution >= 0.6 is 0 Å². The first-order valence-corrected chi connectivity index (χ1v) is 8.54. The Kier molecular flexibility index (Phi) is 5.62. The molecule has 0 saturated carbocycles. The number of benzene rings is 2. The van der Waals surface area contributed by atoms with Crippen LogP contribution in [-0.2, 0) is 6.42 Å². The second-order valence-corrected chi connectivity index (χ2v) is 7.06. The molecule has 4 nitrogen and oxygen atoms in total. The highest BCUT2D eigenvalue weighted by Gasteiger charge is 2.29. The third-order valence-electron chi connectivity index (χ3n) is 4.18. The van der Waals surface area contributed by atoms with Crippen molar-refractivity contribution in [3.8, 4) is 0 Å². The molecule has 0 radical (unpaired) electrons. The molecule has 2 aromatic rings. The number of aryl methyl sites for hydroxylation is 1. The van der Waals surface area contributed by atoms with Crippen LogP contribution in [0.3, 0.4) is 0 Å². The van der Waals surface area contributed by atoms with Gasteiger partial charge in [-0.3, -0.25) is 15.0 Å². The Morgan fingerprint density at radius 1 is 1.00 bits per heavy atom. The van der Waals surface area contributed by atoms with Gasteiger partial charge in [-0.2, -0.15) is 0 Å². The van der Waals surface area contributed by atoms with E-state index in [1.807, 2.05) is 58.0 Å². The topological polar surface area (TPSA) is 49.4 Å². The summed E-state index contributed by atoms with van der Waals surface area (Å²) < 4.78 is 0. The number of carbonyl (C=O) groups is 2. The molecule has 1 N–H and O–H groups in total. The van der Waals surface area contributed by atoms with Crippen molar-refractivity contribution in [1.29, 1.82) is 0 Å². The van der Waals surface area contributed by atoms with Crippen LogP contribution < -0.4 is 5.43 Å². The minimum absolute atomic E-state index is 0.231. The van der Waals surface area contributed by atoms with Crippen LogP contribution in [0.1, 0.15) is 59.5 Å². The monoisotopic (exact) mass is 338 g/mol. The maximum Gasteiger partial charge on any atom is 0.272 e. The summed E-state index contributed by atoms with van der Waals surface area (Å²) in [6, 6.07) is 14.7. The molecule has 2 aromatic carbocycles. The molecule has 2 amide bonds. The van der Waals surface area contributed by atoms with Gasteiger partial charge >= 0.3 is 0 Å². The normalized spacial score (nSPS) is 11.1. The van der Waals surface area contributed by atoms with Gasteiger partial charge in [0.1, 0.15) is 0 Å². The lowest BCUT2D eigenvalue weighted by molar-refractivity contribution is 0.0358. The lowest BCUT2D eigenvalue weighted by Gasteiger charge is -2.35. The van der Waals surface area contributed by atoms with Crippen LogP contribution in [0.4, 0.5) is 0 Å². The first-order chi connectivity index (χ1) is 11.8. The van der Waals surface area contributed by atoms with Gasteiger partial charge in [0.05, 0.1) is 5.54 Å². The molecule has 0 aromatic heterocycles. The fourth-order valence-corrected chi connectivity index (χ4v) is 2.71. The Bertz CT molecular complexity index is 761. The molecule has 0 aliphatic rings. The largest absolute Gasteiger partial charge is 0.272 e. The first kappa shape index (κ1) is 18.7. The van der Waals surface area contributed by atoms with Gasteiger partial charge < -0.3 is 0 Å². The number of hydrogen-bond donors (Lipinski definition) is 1. The van der Waals surface area contributed by atoms with Crippen LogP contribution in [0.5, 0.6) is 0 Å². The lowest BCUT2D eigenvalue weighted by Crippen LogP contribution is -2.56. The SMILES string of the molecule is CCc1cccc(C(=O)NN(C(=O)c2ccccc2)C(C)(C)C)c1C. The Morgan fingerprint density at radius 3 is 2.20 bits per heavy atom. The fraction of sp³-hybridized carbons (Fsp3) is 0.333. The maximum absolute atomic E-state index is 12.9. The number of hydrazine groups is 1. The molecule has 0 bridgehead atoms. The van der Waals surface area contributed by atoms with Crippen LogP contribution in [0.2, 0.25) is 0 Å². The van der Waals surface area contributed by atoms with Crippen molar-refractivity contribution in [1.82, 2.24) is 10.4 Å². The number of hydrogen-bond acceptors (Lipinski definition) is 2. The quantitative estimate of drug-likeness (QED) is 0.855. The number of carbonyl (C=O) groups excluding carboxylic acids is 2. The van der Waals surface area contributed by atoms with Gasteiger partial charge in [-0.25, -0.2) is 5.01 Å². The van der Waals surface area contributed by atoms with E-state index < -0.39 is 5.54 Å². The minimum atomic E-state index is -0.557. The average Bonchev–Trinajstić information content (AvgIpc) is 2.59. The highest BCUT2D eigenvalue weighted by molar-refractivity contribution is 6.00. The van der Waals surface area contributed by atoms with E-state index in [1.165, 1.54) is 5.01 Å². The van der Waals surface area contributed by atoms with Gasteiger partial charge in [0, 0.05) is 11.1 Å². The molecular weight excluding hydrogens is 312 g/mol. The highest BCUT2D eigenvalue weighted by Crippen LogP contribution is 2.18. The molecule has 0 heterocycles. The van der Waals surface area contributed by atoms with Gasteiger partial charge in [0.15, 0.2) is 0 Å². The smallest absolute Gasteiger partial charge is 0.267 e. The molecule has 0 spiro atoms. The maximum atomic E-state index is 12.9. The molecule has 0 aliphatic heterocycles. The molecule has 25 heavy (non-hydrogen) atoms. The fourth-order valence-electron chi connectivity index (χ4n) is 2.71. The van der Waals surface area contributed by atoms with Crippen LogP contribution in [-0.4, -0.2) is 22.4 Å². The standard InChI is InChI=1S/C21H26N2O2/c1-6-16-13-10-14-18(15(16)2)19(24)22-23(21(3,4)5)20(25)17-11-8-7-9-12-17/h7-14H,6H2,1-5H3,(H,22,24). The zero-order chi connectivity index (χ0) is 18.6. The van der Waals surface area contributed by atoms with Gasteiger partial charge in [-0.15, -0.1) is 0 Å². The number of amides is 2. The van der Waals surface area contributed by atoms with E-state index in [9.17, 15) is 9.59 Å². The van der Waals surface area contributed by atoms with Crippen molar-refractivity contribution in [2.75, 3.05) is 0 Å². The summed E-state index contributed by atoms with van der Waals surface area (Å²) in [5.41, 5.74) is 5.46. The Labute approximate surface area is 149 Å². The average molecular weight is 338 g/mol. The Hall–Kier alpha value is -2.62. The van der Waals surface area contributed by atoms with E-state index in [0.717, 1.165) is 17.5 Å². The summed E-state index contributed by atoms with van der Waals surface area (Å²) in [4.78, 5) is 25.7. The number of nitrogens with one attached hydrogen (secondary N) is 1. The molecule has 0 atom stereocenters. The molecule has 4 heteroatoms. The summed E-state index contributed by atoms with van der Waals surface area (Å²) in [5, 5.41) is 1.41. The summed E-state index contributed by atoms with van der Waals surface area (Å²) in [7, 11) is 0. The Morgan fingerprint density at radius 2 is 1.64 bits per heavy atom. The summed E-state index contributed by atoms with van der Waals surface area (Å²) >= 11 is 0. The summed E-state index contributed by atoms with van der Waals surface area (Å²) in [5.74, 6) is -0.502. The zero-order valence-electron chi connectivity index (χ0n) is 15.6. The predicted molar refractivity (Wildman–Crippen MR) is 100 cm³/mol. The van der Waals surface area contributed by atoms with Crippen molar-refractivity contribution in [2.24, 2.45) is 0 Å². The van der Waals surface area contributed by atoms with E-state index in [1.54, 1.807) is 18.2 Å². The second-order valence-electron chi connectivity index (χ2n) is 7.06. The lowest BCUT2D eigenvalue weighted by atomic mass is 10.00. The zero-order valence-corrected chi connectivity index (χ0v) is 15.6. The van der Waals surface area contributed by atoms with Gasteiger partial charge in [-0.1, -0.05) is 37.3 Å². The predicted octanol–water partition coefficient (Wildman–Crippen LogP) is 4.14. The van der Waals surface area contributed by atoms with E-state index in [2.05, 4.69) is 12.3 Å². The molecule has 0 fully saturated rings. The summed E-state index contributed by atoms with van der Waals surface area (Å²) in [6.07, 6.45) is 0.860. The molecular formula is C21H26N2O2. The van der Waals surface area contributed by atoms with Crippen LogP contribution in [0, 0.1) is 6.92 Å². The van der Waals surface area contributed by atoms with Crippen molar-refractivity contribution >= 4 is 11.8 Å². The molecule has 2 rings (SSSR count). The van der Waals surface area contributed by atoms with Gasteiger partial charge in [0.2, 0.25) is 0 Å².